The minimum Gasteiger partial charge on any atom is -0.493 e. The van der Waals surface area contributed by atoms with E-state index in [-0.39, 0.29) is 5.91 Å². The molecule has 0 bridgehead atoms. The highest BCUT2D eigenvalue weighted by atomic mass is 79.9. The molecule has 0 aromatic heterocycles. The molecule has 3 rings (SSSR count). The van der Waals surface area contributed by atoms with E-state index in [4.69, 9.17) is 9.47 Å². The van der Waals surface area contributed by atoms with Crippen LogP contribution in [0.1, 0.15) is 35.7 Å². The number of amides is 1. The van der Waals surface area contributed by atoms with Crippen molar-refractivity contribution in [2.45, 2.75) is 32.4 Å². The molecular formula is C20H22BrNO3. The molecule has 1 fully saturated rings. The number of nitrogens with zero attached hydrogens (tertiary/aromatic N) is 1. The van der Waals surface area contributed by atoms with E-state index in [1.807, 2.05) is 36.1 Å². The smallest absolute Gasteiger partial charge is 0.254 e. The van der Waals surface area contributed by atoms with Gasteiger partial charge >= 0.3 is 0 Å². The SMILES string of the molecule is CCOc1c(Br)cc(C(=O)N(Cc2ccccc2)C2CC2)cc1OC. The average Bonchev–Trinajstić information content (AvgIpc) is 3.46. The maximum atomic E-state index is 13.1. The molecule has 0 aliphatic heterocycles. The van der Waals surface area contributed by atoms with Crippen LogP contribution in [0.25, 0.3) is 0 Å². The van der Waals surface area contributed by atoms with Crippen LogP contribution in [0.5, 0.6) is 11.5 Å². The van der Waals surface area contributed by atoms with Gasteiger partial charge in [0.05, 0.1) is 18.2 Å². The molecule has 4 nitrogen and oxygen atoms in total. The van der Waals surface area contributed by atoms with E-state index >= 15 is 0 Å². The first-order valence-corrected chi connectivity index (χ1v) is 9.28. The Morgan fingerprint density at radius 3 is 2.56 bits per heavy atom. The minimum absolute atomic E-state index is 0.0217. The summed E-state index contributed by atoms with van der Waals surface area (Å²) in [4.78, 5) is 15.1. The van der Waals surface area contributed by atoms with Crippen molar-refractivity contribution >= 4 is 21.8 Å². The minimum atomic E-state index is 0.0217. The van der Waals surface area contributed by atoms with Crippen molar-refractivity contribution in [3.8, 4) is 11.5 Å². The standard InChI is InChI=1S/C20H22BrNO3/c1-3-25-19-17(21)11-15(12-18(19)24-2)20(23)22(16-9-10-16)13-14-7-5-4-6-8-14/h4-8,11-12,16H,3,9-10,13H2,1-2H3. The first kappa shape index (κ1) is 17.8. The molecule has 0 unspecified atom stereocenters. The molecule has 1 aliphatic carbocycles. The number of benzene rings is 2. The van der Waals surface area contributed by atoms with Crippen LogP contribution < -0.4 is 9.47 Å². The highest BCUT2D eigenvalue weighted by Crippen LogP contribution is 2.38. The Hall–Kier alpha value is -2.01. The number of ether oxygens (including phenoxy) is 2. The van der Waals surface area contributed by atoms with Crippen LogP contribution in [0, 0.1) is 0 Å². The molecule has 25 heavy (non-hydrogen) atoms. The number of halogens is 1. The quantitative estimate of drug-likeness (QED) is 0.674. The Morgan fingerprint density at radius 2 is 1.96 bits per heavy atom. The number of hydrogen-bond acceptors (Lipinski definition) is 3. The molecule has 5 heteroatoms. The maximum Gasteiger partial charge on any atom is 0.254 e. The van der Waals surface area contributed by atoms with E-state index in [1.165, 1.54) is 0 Å². The van der Waals surface area contributed by atoms with Crippen LogP contribution in [0.15, 0.2) is 46.9 Å². The molecule has 2 aromatic carbocycles. The van der Waals surface area contributed by atoms with Crippen LogP contribution in [-0.2, 0) is 6.54 Å². The van der Waals surface area contributed by atoms with Gasteiger partial charge in [0, 0.05) is 18.2 Å². The van der Waals surface area contributed by atoms with Crippen LogP contribution in [0.3, 0.4) is 0 Å². The Kier molecular flexibility index (Phi) is 5.63. The zero-order chi connectivity index (χ0) is 17.8. The molecule has 1 aliphatic rings. The Balaban J connectivity index is 1.88. The molecule has 0 saturated heterocycles. The second-order valence-corrected chi connectivity index (χ2v) is 6.93. The lowest BCUT2D eigenvalue weighted by molar-refractivity contribution is 0.0729. The van der Waals surface area contributed by atoms with Crippen molar-refractivity contribution in [1.29, 1.82) is 0 Å². The normalized spacial score (nSPS) is 13.4. The summed E-state index contributed by atoms with van der Waals surface area (Å²) in [5.74, 6) is 1.21. The molecule has 0 N–H and O–H groups in total. The van der Waals surface area contributed by atoms with Gasteiger partial charge < -0.3 is 14.4 Å². The monoisotopic (exact) mass is 403 g/mol. The molecule has 1 amide bonds. The topological polar surface area (TPSA) is 38.8 Å². The molecular weight excluding hydrogens is 382 g/mol. The first-order chi connectivity index (χ1) is 12.1. The van der Waals surface area contributed by atoms with Crippen LogP contribution in [-0.4, -0.2) is 30.6 Å². The van der Waals surface area contributed by atoms with Gasteiger partial charge in [-0.25, -0.2) is 0 Å². The second kappa shape index (κ2) is 7.91. The maximum absolute atomic E-state index is 13.1. The zero-order valence-electron chi connectivity index (χ0n) is 14.5. The van der Waals surface area contributed by atoms with E-state index in [9.17, 15) is 4.79 Å². The summed E-state index contributed by atoms with van der Waals surface area (Å²) in [5.41, 5.74) is 1.75. The van der Waals surface area contributed by atoms with Gasteiger partial charge in [0.15, 0.2) is 11.5 Å². The molecule has 0 atom stereocenters. The predicted molar refractivity (Wildman–Crippen MR) is 101 cm³/mol. The number of carbonyl (C=O) groups excluding carboxylic acids is 1. The summed E-state index contributed by atoms with van der Waals surface area (Å²) in [6, 6.07) is 14.0. The van der Waals surface area contributed by atoms with E-state index in [0.717, 1.165) is 22.9 Å². The highest BCUT2D eigenvalue weighted by molar-refractivity contribution is 9.10. The number of carbonyl (C=O) groups is 1. The summed E-state index contributed by atoms with van der Waals surface area (Å²) in [6.07, 6.45) is 2.13. The van der Waals surface area contributed by atoms with Gasteiger partial charge in [-0.1, -0.05) is 30.3 Å². The van der Waals surface area contributed by atoms with Crippen molar-refractivity contribution < 1.29 is 14.3 Å². The van der Waals surface area contributed by atoms with Gasteiger partial charge in [-0.3, -0.25) is 4.79 Å². The molecule has 0 spiro atoms. The molecule has 2 aromatic rings. The van der Waals surface area contributed by atoms with Gasteiger partial charge in [0.2, 0.25) is 0 Å². The lowest BCUT2D eigenvalue weighted by atomic mass is 10.1. The third-order valence-electron chi connectivity index (χ3n) is 4.21. The highest BCUT2D eigenvalue weighted by Gasteiger charge is 2.33. The second-order valence-electron chi connectivity index (χ2n) is 6.07. The number of methoxy groups -OCH3 is 1. The van der Waals surface area contributed by atoms with E-state index < -0.39 is 0 Å². The van der Waals surface area contributed by atoms with E-state index in [0.29, 0.717) is 36.3 Å². The summed E-state index contributed by atoms with van der Waals surface area (Å²) in [5, 5.41) is 0. The molecule has 1 saturated carbocycles. The first-order valence-electron chi connectivity index (χ1n) is 8.49. The summed E-state index contributed by atoms with van der Waals surface area (Å²) in [7, 11) is 1.58. The number of hydrogen-bond donors (Lipinski definition) is 0. The lowest BCUT2D eigenvalue weighted by Gasteiger charge is -2.23. The fraction of sp³-hybridized carbons (Fsp3) is 0.350. The number of rotatable bonds is 7. The average molecular weight is 404 g/mol. The largest absolute Gasteiger partial charge is 0.493 e. The van der Waals surface area contributed by atoms with E-state index in [1.54, 1.807) is 13.2 Å². The van der Waals surface area contributed by atoms with Gasteiger partial charge in [-0.15, -0.1) is 0 Å². The van der Waals surface area contributed by atoms with Crippen molar-refractivity contribution in [1.82, 2.24) is 4.90 Å². The van der Waals surface area contributed by atoms with Crippen molar-refractivity contribution in [2.75, 3.05) is 13.7 Å². The molecule has 132 valence electrons. The predicted octanol–water partition coefficient (Wildman–Crippen LogP) is 4.66. The van der Waals surface area contributed by atoms with Crippen molar-refractivity contribution in [2.24, 2.45) is 0 Å². The van der Waals surface area contributed by atoms with E-state index in [2.05, 4.69) is 28.1 Å². The third-order valence-corrected chi connectivity index (χ3v) is 4.80. The van der Waals surface area contributed by atoms with Gasteiger partial charge in [0.25, 0.3) is 5.91 Å². The molecule has 0 radical (unpaired) electrons. The summed E-state index contributed by atoms with van der Waals surface area (Å²) < 4.78 is 11.8. The zero-order valence-corrected chi connectivity index (χ0v) is 16.1. The van der Waals surface area contributed by atoms with Crippen LogP contribution in [0.4, 0.5) is 0 Å². The van der Waals surface area contributed by atoms with Crippen molar-refractivity contribution in [3.63, 3.8) is 0 Å². The van der Waals surface area contributed by atoms with Crippen LogP contribution >= 0.6 is 15.9 Å². The third kappa shape index (κ3) is 4.15. The lowest BCUT2D eigenvalue weighted by Crippen LogP contribution is -2.32. The van der Waals surface area contributed by atoms with Gasteiger partial charge in [-0.05, 0) is 53.4 Å². The fourth-order valence-electron chi connectivity index (χ4n) is 2.83. The van der Waals surface area contributed by atoms with Crippen molar-refractivity contribution in [3.05, 3.63) is 58.1 Å². The Morgan fingerprint density at radius 1 is 1.24 bits per heavy atom. The molecule has 0 heterocycles. The Bertz CT molecular complexity index is 744. The summed E-state index contributed by atoms with van der Waals surface area (Å²) in [6.45, 7) is 3.07. The fourth-order valence-corrected chi connectivity index (χ4v) is 3.38. The van der Waals surface area contributed by atoms with Gasteiger partial charge in [-0.2, -0.15) is 0 Å². The Labute approximate surface area is 156 Å². The van der Waals surface area contributed by atoms with Gasteiger partial charge in [0.1, 0.15) is 0 Å². The van der Waals surface area contributed by atoms with Crippen LogP contribution in [0.2, 0.25) is 0 Å². The summed E-state index contributed by atoms with van der Waals surface area (Å²) >= 11 is 3.50.